The van der Waals surface area contributed by atoms with Crippen molar-refractivity contribution in [1.29, 1.82) is 0 Å². The summed E-state index contributed by atoms with van der Waals surface area (Å²) in [5.41, 5.74) is 2.08. The van der Waals surface area contributed by atoms with Gasteiger partial charge >= 0.3 is 6.09 Å². The van der Waals surface area contributed by atoms with Crippen molar-refractivity contribution in [3.63, 3.8) is 0 Å². The van der Waals surface area contributed by atoms with Crippen LogP contribution in [0.25, 0.3) is 0 Å². The lowest BCUT2D eigenvalue weighted by Gasteiger charge is -2.08. The first-order valence-corrected chi connectivity index (χ1v) is 5.65. The fraction of sp³-hybridized carbons (Fsp3) is 0.0714. The van der Waals surface area contributed by atoms with Crippen LogP contribution in [0.4, 0.5) is 26.2 Å². The van der Waals surface area contributed by atoms with Crippen molar-refractivity contribution >= 4 is 23.2 Å². The summed E-state index contributed by atoms with van der Waals surface area (Å²) >= 11 is 0. The van der Waals surface area contributed by atoms with Crippen molar-refractivity contribution in [3.8, 4) is 0 Å². The van der Waals surface area contributed by atoms with Gasteiger partial charge in [-0.3, -0.25) is 5.32 Å². The molecule has 0 aliphatic rings. The molecule has 0 radical (unpaired) electrons. The van der Waals surface area contributed by atoms with Crippen LogP contribution in [0.2, 0.25) is 0 Å². The molecular formula is C14H13FN2O2. The molecule has 0 heterocycles. The highest BCUT2D eigenvalue weighted by Gasteiger charge is 2.01. The van der Waals surface area contributed by atoms with Crippen molar-refractivity contribution in [1.82, 2.24) is 0 Å². The first kappa shape index (κ1) is 12.9. The maximum atomic E-state index is 13.0. The van der Waals surface area contributed by atoms with E-state index in [1.807, 2.05) is 0 Å². The summed E-state index contributed by atoms with van der Waals surface area (Å²) in [5.74, 6) is -0.297. The van der Waals surface area contributed by atoms with Crippen LogP contribution in [0.3, 0.4) is 0 Å². The second-order valence-electron chi connectivity index (χ2n) is 3.83. The number of methoxy groups -OCH3 is 1. The number of nitrogens with one attached hydrogen (secondary N) is 2. The Hall–Kier alpha value is -2.56. The van der Waals surface area contributed by atoms with E-state index in [2.05, 4.69) is 15.4 Å². The van der Waals surface area contributed by atoms with Crippen molar-refractivity contribution in [2.24, 2.45) is 0 Å². The number of carbonyl (C=O) groups excluding carboxylic acids is 1. The zero-order valence-corrected chi connectivity index (χ0v) is 10.3. The van der Waals surface area contributed by atoms with Crippen LogP contribution >= 0.6 is 0 Å². The minimum Gasteiger partial charge on any atom is -0.453 e. The summed E-state index contributed by atoms with van der Waals surface area (Å²) in [6.07, 6.45) is -0.522. The summed E-state index contributed by atoms with van der Waals surface area (Å²) in [7, 11) is 1.30. The minimum atomic E-state index is -0.522. The second-order valence-corrected chi connectivity index (χ2v) is 3.83. The summed E-state index contributed by atoms with van der Waals surface area (Å²) in [6.45, 7) is 0. The third-order valence-electron chi connectivity index (χ3n) is 2.43. The fourth-order valence-electron chi connectivity index (χ4n) is 1.54. The molecule has 0 saturated heterocycles. The molecule has 2 aromatic rings. The Morgan fingerprint density at radius 1 is 1.05 bits per heavy atom. The van der Waals surface area contributed by atoms with Gasteiger partial charge in [0, 0.05) is 17.1 Å². The van der Waals surface area contributed by atoms with Crippen molar-refractivity contribution in [3.05, 3.63) is 54.3 Å². The van der Waals surface area contributed by atoms with E-state index in [9.17, 15) is 9.18 Å². The molecule has 0 fully saturated rings. The molecule has 5 heteroatoms. The molecule has 0 aromatic heterocycles. The average molecular weight is 260 g/mol. The van der Waals surface area contributed by atoms with Gasteiger partial charge < -0.3 is 10.1 Å². The Bertz CT molecular complexity index is 570. The number of hydrogen-bond donors (Lipinski definition) is 2. The van der Waals surface area contributed by atoms with Gasteiger partial charge in [-0.25, -0.2) is 9.18 Å². The highest BCUT2D eigenvalue weighted by Crippen LogP contribution is 2.19. The Labute approximate surface area is 110 Å². The SMILES string of the molecule is COC(=O)Nc1ccc(Nc2cccc(F)c2)cc1. The number of anilines is 3. The van der Waals surface area contributed by atoms with Crippen LogP contribution in [-0.4, -0.2) is 13.2 Å². The van der Waals surface area contributed by atoms with Crippen molar-refractivity contribution in [2.45, 2.75) is 0 Å². The standard InChI is InChI=1S/C14H13FN2O2/c1-19-14(18)17-12-7-5-11(6-8-12)16-13-4-2-3-10(15)9-13/h2-9,16H,1H3,(H,17,18). The minimum absolute atomic E-state index is 0.297. The molecule has 19 heavy (non-hydrogen) atoms. The zero-order chi connectivity index (χ0) is 13.7. The predicted octanol–water partition coefficient (Wildman–Crippen LogP) is 3.75. The number of halogens is 1. The average Bonchev–Trinajstić information content (AvgIpc) is 2.41. The molecule has 0 atom stereocenters. The molecule has 0 aliphatic heterocycles. The zero-order valence-electron chi connectivity index (χ0n) is 10.3. The molecule has 1 amide bonds. The van der Waals surface area contributed by atoms with Gasteiger partial charge in [-0.1, -0.05) is 6.07 Å². The smallest absolute Gasteiger partial charge is 0.411 e. The van der Waals surface area contributed by atoms with Gasteiger partial charge in [0.25, 0.3) is 0 Å². The van der Waals surface area contributed by atoms with Crippen LogP contribution in [0.5, 0.6) is 0 Å². The lowest BCUT2D eigenvalue weighted by molar-refractivity contribution is 0.187. The third-order valence-corrected chi connectivity index (χ3v) is 2.43. The number of carbonyl (C=O) groups is 1. The molecule has 0 unspecified atom stereocenters. The summed E-state index contributed by atoms with van der Waals surface area (Å²) in [5, 5.41) is 5.60. The lowest BCUT2D eigenvalue weighted by Crippen LogP contribution is -2.10. The molecule has 2 N–H and O–H groups in total. The van der Waals surface area contributed by atoms with E-state index in [0.717, 1.165) is 5.69 Å². The van der Waals surface area contributed by atoms with Gasteiger partial charge in [0.2, 0.25) is 0 Å². The van der Waals surface area contributed by atoms with Crippen LogP contribution < -0.4 is 10.6 Å². The predicted molar refractivity (Wildman–Crippen MR) is 72.2 cm³/mol. The van der Waals surface area contributed by atoms with Gasteiger partial charge in [-0.2, -0.15) is 0 Å². The second kappa shape index (κ2) is 5.86. The van der Waals surface area contributed by atoms with E-state index in [0.29, 0.717) is 11.4 Å². The van der Waals surface area contributed by atoms with E-state index in [1.165, 1.54) is 19.2 Å². The molecule has 2 aromatic carbocycles. The molecule has 2 rings (SSSR count). The van der Waals surface area contributed by atoms with Crippen molar-refractivity contribution in [2.75, 3.05) is 17.7 Å². The maximum Gasteiger partial charge on any atom is 0.411 e. The van der Waals surface area contributed by atoms with E-state index in [-0.39, 0.29) is 5.82 Å². The quantitative estimate of drug-likeness (QED) is 0.883. The Morgan fingerprint density at radius 2 is 1.74 bits per heavy atom. The lowest BCUT2D eigenvalue weighted by atomic mass is 10.2. The number of ether oxygens (including phenoxy) is 1. The van der Waals surface area contributed by atoms with Crippen LogP contribution in [0.15, 0.2) is 48.5 Å². The largest absolute Gasteiger partial charge is 0.453 e. The first-order chi connectivity index (χ1) is 9.17. The normalized spacial score (nSPS) is 9.79. The molecule has 0 aliphatic carbocycles. The molecular weight excluding hydrogens is 247 g/mol. The Kier molecular flexibility index (Phi) is 3.97. The molecule has 0 bridgehead atoms. The van der Waals surface area contributed by atoms with Gasteiger partial charge in [0.1, 0.15) is 5.82 Å². The first-order valence-electron chi connectivity index (χ1n) is 5.65. The van der Waals surface area contributed by atoms with Gasteiger partial charge in [-0.15, -0.1) is 0 Å². The molecule has 98 valence electrons. The van der Waals surface area contributed by atoms with Crippen LogP contribution in [-0.2, 0) is 4.74 Å². The molecule has 0 saturated carbocycles. The summed E-state index contributed by atoms with van der Waals surface area (Å²) in [4.78, 5) is 11.0. The van der Waals surface area contributed by atoms with E-state index < -0.39 is 6.09 Å². The van der Waals surface area contributed by atoms with Gasteiger partial charge in [0.05, 0.1) is 7.11 Å². The van der Waals surface area contributed by atoms with Gasteiger partial charge in [-0.05, 0) is 42.5 Å². The van der Waals surface area contributed by atoms with Crippen molar-refractivity contribution < 1.29 is 13.9 Å². The number of benzene rings is 2. The number of rotatable bonds is 3. The topological polar surface area (TPSA) is 50.4 Å². The number of amides is 1. The maximum absolute atomic E-state index is 13.0. The summed E-state index contributed by atoms with van der Waals surface area (Å²) < 4.78 is 17.5. The summed E-state index contributed by atoms with van der Waals surface area (Å²) in [6, 6.07) is 13.2. The number of hydrogen-bond acceptors (Lipinski definition) is 3. The highest BCUT2D eigenvalue weighted by atomic mass is 19.1. The highest BCUT2D eigenvalue weighted by molar-refractivity contribution is 5.84. The van der Waals surface area contributed by atoms with E-state index in [4.69, 9.17) is 0 Å². The fourth-order valence-corrected chi connectivity index (χ4v) is 1.54. The van der Waals surface area contributed by atoms with Crippen LogP contribution in [0.1, 0.15) is 0 Å². The molecule has 4 nitrogen and oxygen atoms in total. The Balaban J connectivity index is 2.04. The molecule has 0 spiro atoms. The Morgan fingerprint density at radius 3 is 2.37 bits per heavy atom. The van der Waals surface area contributed by atoms with E-state index in [1.54, 1.807) is 36.4 Å². The monoisotopic (exact) mass is 260 g/mol. The third kappa shape index (κ3) is 3.70. The van der Waals surface area contributed by atoms with Crippen LogP contribution in [0, 0.1) is 5.82 Å². The van der Waals surface area contributed by atoms with Gasteiger partial charge in [0.15, 0.2) is 0 Å². The van der Waals surface area contributed by atoms with E-state index >= 15 is 0 Å².